The molecule has 0 radical (unpaired) electrons. The molecule has 2 heterocycles. The second-order valence-corrected chi connectivity index (χ2v) is 8.70. The summed E-state index contributed by atoms with van der Waals surface area (Å²) in [6.07, 6.45) is 0.781. The van der Waals surface area contributed by atoms with Gasteiger partial charge < -0.3 is 29.7 Å². The maximum Gasteiger partial charge on any atom is 0.410 e. The second-order valence-electron chi connectivity index (χ2n) is 8.70. The first-order chi connectivity index (χ1) is 14.8. The molecule has 1 saturated heterocycles. The first-order valence-corrected chi connectivity index (χ1v) is 10.9. The number of guanidine groups is 1. The van der Waals surface area contributed by atoms with Crippen LogP contribution in [0.1, 0.15) is 32.8 Å². The molecule has 0 aromatic heterocycles. The summed E-state index contributed by atoms with van der Waals surface area (Å²) in [4.78, 5) is 20.6. The number of halogens is 1. The van der Waals surface area contributed by atoms with E-state index < -0.39 is 5.60 Å². The van der Waals surface area contributed by atoms with Crippen LogP contribution in [0.5, 0.6) is 11.5 Å². The van der Waals surface area contributed by atoms with Gasteiger partial charge in [-0.15, -0.1) is 24.0 Å². The Balaban J connectivity index is 0.00000363. The van der Waals surface area contributed by atoms with Gasteiger partial charge in [0.05, 0.1) is 0 Å². The fourth-order valence-corrected chi connectivity index (χ4v) is 3.45. The highest BCUT2D eigenvalue weighted by molar-refractivity contribution is 14.0. The number of carbonyl (C=O) groups is 1. The number of piperazine rings is 1. The van der Waals surface area contributed by atoms with Crippen molar-refractivity contribution < 1.29 is 19.0 Å². The second kappa shape index (κ2) is 12.3. The van der Waals surface area contributed by atoms with Gasteiger partial charge in [0.25, 0.3) is 0 Å². The Kier molecular flexibility index (Phi) is 10.1. The molecule has 0 saturated carbocycles. The topological polar surface area (TPSA) is 87.7 Å². The number of rotatable bonds is 6. The van der Waals surface area contributed by atoms with Gasteiger partial charge in [-0.3, -0.25) is 9.89 Å². The zero-order valence-corrected chi connectivity index (χ0v) is 21.8. The molecule has 9 nitrogen and oxygen atoms in total. The number of hydrogen-bond acceptors (Lipinski definition) is 6. The summed E-state index contributed by atoms with van der Waals surface area (Å²) in [6.45, 7) is 11.6. The van der Waals surface area contributed by atoms with Crippen molar-refractivity contribution in [2.45, 2.75) is 39.3 Å². The minimum absolute atomic E-state index is 0. The molecule has 2 N–H and O–H groups in total. The van der Waals surface area contributed by atoms with Gasteiger partial charge in [-0.25, -0.2) is 4.79 Å². The van der Waals surface area contributed by atoms with E-state index in [0.29, 0.717) is 19.6 Å². The van der Waals surface area contributed by atoms with Crippen molar-refractivity contribution in [3.63, 3.8) is 0 Å². The third-order valence-corrected chi connectivity index (χ3v) is 5.09. The van der Waals surface area contributed by atoms with Crippen LogP contribution in [-0.2, 0) is 11.3 Å². The highest BCUT2D eigenvalue weighted by Gasteiger charge is 2.25. The van der Waals surface area contributed by atoms with Crippen LogP contribution in [-0.4, -0.2) is 80.6 Å². The number of amides is 1. The van der Waals surface area contributed by atoms with E-state index in [-0.39, 0.29) is 36.9 Å². The molecule has 180 valence electrons. The normalized spacial score (nSPS) is 16.4. The minimum atomic E-state index is -0.449. The number of nitrogens with zero attached hydrogens (tertiary/aromatic N) is 3. The summed E-state index contributed by atoms with van der Waals surface area (Å²) < 4.78 is 16.2. The smallest absolute Gasteiger partial charge is 0.410 e. The molecule has 1 amide bonds. The predicted molar refractivity (Wildman–Crippen MR) is 135 cm³/mol. The summed E-state index contributed by atoms with van der Waals surface area (Å²) in [6, 6.07) is 5.93. The van der Waals surface area contributed by atoms with Crippen LogP contribution in [0.25, 0.3) is 0 Å². The lowest BCUT2D eigenvalue weighted by Gasteiger charge is -2.35. The molecule has 1 aromatic rings. The van der Waals surface area contributed by atoms with E-state index in [1.54, 1.807) is 11.9 Å². The molecule has 0 unspecified atom stereocenters. The number of fused-ring (bicyclic) bond motifs is 1. The van der Waals surface area contributed by atoms with Gasteiger partial charge in [-0.2, -0.15) is 0 Å². The lowest BCUT2D eigenvalue weighted by Crippen LogP contribution is -2.50. The number of carbonyl (C=O) groups excluding carboxylic acids is 1. The molecule has 2 aliphatic heterocycles. The zero-order valence-electron chi connectivity index (χ0n) is 19.5. The molecule has 10 heteroatoms. The van der Waals surface area contributed by atoms with Crippen LogP contribution in [0.4, 0.5) is 4.79 Å². The van der Waals surface area contributed by atoms with Crippen LogP contribution >= 0.6 is 24.0 Å². The Labute approximate surface area is 207 Å². The van der Waals surface area contributed by atoms with Crippen molar-refractivity contribution in [2.24, 2.45) is 4.99 Å². The Morgan fingerprint density at radius 2 is 1.84 bits per heavy atom. The van der Waals surface area contributed by atoms with Crippen LogP contribution in [0.3, 0.4) is 0 Å². The van der Waals surface area contributed by atoms with Gasteiger partial charge in [0.15, 0.2) is 17.5 Å². The highest BCUT2D eigenvalue weighted by Crippen LogP contribution is 2.32. The van der Waals surface area contributed by atoms with Crippen LogP contribution in [0.15, 0.2) is 23.2 Å². The first kappa shape index (κ1) is 26.3. The lowest BCUT2D eigenvalue weighted by molar-refractivity contribution is 0.0145. The summed E-state index contributed by atoms with van der Waals surface area (Å²) >= 11 is 0. The molecule has 0 bridgehead atoms. The average molecular weight is 561 g/mol. The third-order valence-electron chi connectivity index (χ3n) is 5.09. The summed E-state index contributed by atoms with van der Waals surface area (Å²) in [5, 5.41) is 6.68. The van der Waals surface area contributed by atoms with Crippen LogP contribution in [0.2, 0.25) is 0 Å². The largest absolute Gasteiger partial charge is 0.454 e. The van der Waals surface area contributed by atoms with Crippen molar-refractivity contribution in [1.29, 1.82) is 0 Å². The quantitative estimate of drug-likeness (QED) is 0.239. The van der Waals surface area contributed by atoms with E-state index in [1.807, 2.05) is 39.0 Å². The van der Waals surface area contributed by atoms with Gasteiger partial charge in [0.1, 0.15) is 5.60 Å². The molecule has 0 spiro atoms. The van der Waals surface area contributed by atoms with Crippen molar-refractivity contribution in [2.75, 3.05) is 53.1 Å². The Morgan fingerprint density at radius 3 is 2.53 bits per heavy atom. The SMILES string of the molecule is CN=C(NCCCN1CCN(C(=O)OC(C)(C)C)CC1)NCc1ccc2c(c1)OCO2.I. The number of aliphatic imine (C=N–C) groups is 1. The van der Waals surface area contributed by atoms with Crippen molar-refractivity contribution >= 4 is 36.0 Å². The van der Waals surface area contributed by atoms with Crippen molar-refractivity contribution in [3.05, 3.63) is 23.8 Å². The van der Waals surface area contributed by atoms with Gasteiger partial charge in [0, 0.05) is 46.3 Å². The summed E-state index contributed by atoms with van der Waals surface area (Å²) in [5.74, 6) is 2.35. The van der Waals surface area contributed by atoms with Crippen molar-refractivity contribution in [1.82, 2.24) is 20.4 Å². The average Bonchev–Trinajstić information content (AvgIpc) is 3.20. The predicted octanol–water partition coefficient (Wildman–Crippen LogP) is 2.64. The summed E-state index contributed by atoms with van der Waals surface area (Å²) in [7, 11) is 1.77. The van der Waals surface area contributed by atoms with Gasteiger partial charge in [-0.1, -0.05) is 6.07 Å². The maximum atomic E-state index is 12.2. The number of ether oxygens (including phenoxy) is 3. The molecule has 32 heavy (non-hydrogen) atoms. The highest BCUT2D eigenvalue weighted by atomic mass is 127. The van der Waals surface area contributed by atoms with Crippen LogP contribution < -0.4 is 20.1 Å². The fraction of sp³-hybridized carbons (Fsp3) is 0.636. The van der Waals surface area contributed by atoms with Crippen LogP contribution in [0, 0.1) is 0 Å². The molecule has 3 rings (SSSR count). The Morgan fingerprint density at radius 1 is 1.12 bits per heavy atom. The lowest BCUT2D eigenvalue weighted by atomic mass is 10.2. The number of benzene rings is 1. The first-order valence-electron chi connectivity index (χ1n) is 10.9. The van der Waals surface area contributed by atoms with E-state index in [1.165, 1.54) is 0 Å². The van der Waals surface area contributed by atoms with E-state index in [9.17, 15) is 4.79 Å². The molecular formula is C22H36IN5O4. The van der Waals surface area contributed by atoms with E-state index >= 15 is 0 Å². The van der Waals surface area contributed by atoms with Gasteiger partial charge in [0.2, 0.25) is 6.79 Å². The monoisotopic (exact) mass is 561 g/mol. The van der Waals surface area contributed by atoms with Crippen molar-refractivity contribution in [3.8, 4) is 11.5 Å². The number of nitrogens with one attached hydrogen (secondary N) is 2. The Hall–Kier alpha value is -1.95. The molecule has 1 fully saturated rings. The van der Waals surface area contributed by atoms with E-state index in [0.717, 1.165) is 55.6 Å². The van der Waals surface area contributed by atoms with E-state index in [2.05, 4.69) is 20.5 Å². The number of hydrogen-bond donors (Lipinski definition) is 2. The molecular weight excluding hydrogens is 525 g/mol. The molecule has 0 aliphatic carbocycles. The van der Waals surface area contributed by atoms with E-state index in [4.69, 9.17) is 14.2 Å². The summed E-state index contributed by atoms with van der Waals surface area (Å²) in [5.41, 5.74) is 0.657. The fourth-order valence-electron chi connectivity index (χ4n) is 3.45. The molecule has 1 aromatic carbocycles. The van der Waals surface area contributed by atoms with Gasteiger partial charge >= 0.3 is 6.09 Å². The minimum Gasteiger partial charge on any atom is -0.454 e. The zero-order chi connectivity index (χ0) is 22.3. The molecule has 0 atom stereocenters. The maximum absolute atomic E-state index is 12.2. The molecule has 2 aliphatic rings. The standard InChI is InChI=1S/C22H35N5O4.HI/c1-22(2,3)31-21(28)27-12-10-26(11-13-27)9-5-8-24-20(23-4)25-15-17-6-7-18-19(14-17)30-16-29-18;/h6-7,14H,5,8-13,15-16H2,1-4H3,(H2,23,24,25);1H. The Bertz CT molecular complexity index is 776. The third kappa shape index (κ3) is 8.19. The van der Waals surface area contributed by atoms with Gasteiger partial charge in [-0.05, 0) is 51.4 Å².